The summed E-state index contributed by atoms with van der Waals surface area (Å²) in [5.41, 5.74) is 1.94. The molecule has 0 saturated heterocycles. The third-order valence-corrected chi connectivity index (χ3v) is 3.13. The SMILES string of the molecule is CC(NC(=O)C(=O)NCCc1ccoc1)c1ccccc1. The van der Waals surface area contributed by atoms with E-state index < -0.39 is 11.8 Å². The van der Waals surface area contributed by atoms with Gasteiger partial charge in [-0.05, 0) is 30.5 Å². The summed E-state index contributed by atoms with van der Waals surface area (Å²) in [7, 11) is 0. The van der Waals surface area contributed by atoms with Crippen LogP contribution in [0.2, 0.25) is 0 Å². The molecule has 1 aromatic carbocycles. The molecule has 0 saturated carbocycles. The second-order valence-corrected chi connectivity index (χ2v) is 4.74. The zero-order valence-electron chi connectivity index (χ0n) is 11.8. The highest BCUT2D eigenvalue weighted by Crippen LogP contribution is 2.10. The molecule has 21 heavy (non-hydrogen) atoms. The average molecular weight is 286 g/mol. The predicted molar refractivity (Wildman–Crippen MR) is 78.4 cm³/mol. The summed E-state index contributed by atoms with van der Waals surface area (Å²) >= 11 is 0. The van der Waals surface area contributed by atoms with E-state index in [0.717, 1.165) is 11.1 Å². The molecule has 0 radical (unpaired) electrons. The van der Waals surface area contributed by atoms with Crippen LogP contribution in [-0.4, -0.2) is 18.4 Å². The molecule has 1 aromatic heterocycles. The Balaban J connectivity index is 1.76. The van der Waals surface area contributed by atoms with Gasteiger partial charge in [-0.1, -0.05) is 30.3 Å². The fraction of sp³-hybridized carbons (Fsp3) is 0.250. The minimum atomic E-state index is -0.626. The Morgan fingerprint density at radius 2 is 1.90 bits per heavy atom. The number of rotatable bonds is 5. The van der Waals surface area contributed by atoms with Gasteiger partial charge >= 0.3 is 11.8 Å². The fourth-order valence-electron chi connectivity index (χ4n) is 1.92. The van der Waals surface area contributed by atoms with E-state index >= 15 is 0 Å². The Labute approximate surface area is 123 Å². The second-order valence-electron chi connectivity index (χ2n) is 4.74. The molecule has 0 fully saturated rings. The van der Waals surface area contributed by atoms with E-state index in [1.807, 2.05) is 43.3 Å². The van der Waals surface area contributed by atoms with Crippen LogP contribution in [0.15, 0.2) is 53.3 Å². The van der Waals surface area contributed by atoms with E-state index in [9.17, 15) is 9.59 Å². The topological polar surface area (TPSA) is 71.3 Å². The van der Waals surface area contributed by atoms with E-state index in [1.165, 1.54) is 0 Å². The summed E-state index contributed by atoms with van der Waals surface area (Å²) in [6.45, 7) is 2.23. The van der Waals surface area contributed by atoms with Crippen LogP contribution in [0.3, 0.4) is 0 Å². The van der Waals surface area contributed by atoms with E-state index in [2.05, 4.69) is 10.6 Å². The van der Waals surface area contributed by atoms with Crippen LogP contribution in [0.1, 0.15) is 24.1 Å². The largest absolute Gasteiger partial charge is 0.472 e. The van der Waals surface area contributed by atoms with Crippen molar-refractivity contribution in [1.29, 1.82) is 0 Å². The standard InChI is InChI=1S/C16H18N2O3/c1-12(14-5-3-2-4-6-14)18-16(20)15(19)17-9-7-13-8-10-21-11-13/h2-6,8,10-12H,7,9H2,1H3,(H,17,19)(H,18,20). The minimum Gasteiger partial charge on any atom is -0.472 e. The lowest BCUT2D eigenvalue weighted by Crippen LogP contribution is -2.41. The molecular weight excluding hydrogens is 268 g/mol. The zero-order valence-corrected chi connectivity index (χ0v) is 11.8. The zero-order chi connectivity index (χ0) is 15.1. The molecule has 2 rings (SSSR count). The van der Waals surface area contributed by atoms with Gasteiger partial charge in [0.2, 0.25) is 0 Å². The molecule has 0 aliphatic rings. The molecule has 0 aliphatic carbocycles. The quantitative estimate of drug-likeness (QED) is 0.824. The second kappa shape index (κ2) is 7.28. The molecule has 110 valence electrons. The van der Waals surface area contributed by atoms with Gasteiger partial charge in [-0.3, -0.25) is 9.59 Å². The molecule has 5 heteroatoms. The lowest BCUT2D eigenvalue weighted by molar-refractivity contribution is -0.139. The summed E-state index contributed by atoms with van der Waals surface area (Å²) < 4.78 is 4.93. The molecule has 2 amide bonds. The third-order valence-electron chi connectivity index (χ3n) is 3.13. The first-order chi connectivity index (χ1) is 10.2. The Morgan fingerprint density at radius 3 is 2.57 bits per heavy atom. The molecule has 0 spiro atoms. The fourth-order valence-corrected chi connectivity index (χ4v) is 1.92. The Kier molecular flexibility index (Phi) is 5.15. The molecule has 0 bridgehead atoms. The van der Waals surface area contributed by atoms with Gasteiger partial charge < -0.3 is 15.1 Å². The maximum absolute atomic E-state index is 11.8. The maximum atomic E-state index is 11.8. The van der Waals surface area contributed by atoms with Crippen LogP contribution < -0.4 is 10.6 Å². The summed E-state index contributed by atoms with van der Waals surface area (Å²) in [4.78, 5) is 23.5. The van der Waals surface area contributed by atoms with Crippen molar-refractivity contribution in [2.45, 2.75) is 19.4 Å². The summed E-state index contributed by atoms with van der Waals surface area (Å²) in [6.07, 6.45) is 3.82. The Morgan fingerprint density at radius 1 is 1.14 bits per heavy atom. The van der Waals surface area contributed by atoms with Crippen molar-refractivity contribution in [1.82, 2.24) is 10.6 Å². The highest BCUT2D eigenvalue weighted by atomic mass is 16.3. The lowest BCUT2D eigenvalue weighted by Gasteiger charge is -2.13. The highest BCUT2D eigenvalue weighted by molar-refractivity contribution is 6.35. The van der Waals surface area contributed by atoms with Crippen molar-refractivity contribution in [2.24, 2.45) is 0 Å². The maximum Gasteiger partial charge on any atom is 0.309 e. The van der Waals surface area contributed by atoms with Gasteiger partial charge in [0.25, 0.3) is 0 Å². The van der Waals surface area contributed by atoms with Crippen molar-refractivity contribution in [3.8, 4) is 0 Å². The summed E-state index contributed by atoms with van der Waals surface area (Å²) in [5.74, 6) is -1.25. The summed E-state index contributed by atoms with van der Waals surface area (Å²) in [6, 6.07) is 11.1. The van der Waals surface area contributed by atoms with Gasteiger partial charge in [-0.2, -0.15) is 0 Å². The molecule has 2 aromatic rings. The molecule has 1 unspecified atom stereocenters. The van der Waals surface area contributed by atoms with Crippen LogP contribution >= 0.6 is 0 Å². The normalized spacial score (nSPS) is 11.7. The van der Waals surface area contributed by atoms with Gasteiger partial charge in [0.05, 0.1) is 18.6 Å². The van der Waals surface area contributed by atoms with Gasteiger partial charge in [0, 0.05) is 6.54 Å². The number of amides is 2. The number of carbonyl (C=O) groups excluding carboxylic acids is 2. The van der Waals surface area contributed by atoms with Gasteiger partial charge in [0.15, 0.2) is 0 Å². The van der Waals surface area contributed by atoms with Gasteiger partial charge in [0.1, 0.15) is 0 Å². The van der Waals surface area contributed by atoms with Crippen molar-refractivity contribution >= 4 is 11.8 Å². The molecular formula is C16H18N2O3. The van der Waals surface area contributed by atoms with Crippen LogP contribution in [0, 0.1) is 0 Å². The van der Waals surface area contributed by atoms with Crippen molar-refractivity contribution in [3.05, 3.63) is 60.1 Å². The molecule has 2 N–H and O–H groups in total. The van der Waals surface area contributed by atoms with Crippen molar-refractivity contribution < 1.29 is 14.0 Å². The number of carbonyl (C=O) groups is 2. The Hall–Kier alpha value is -2.56. The minimum absolute atomic E-state index is 0.210. The number of hydrogen-bond acceptors (Lipinski definition) is 3. The molecule has 0 aliphatic heterocycles. The van der Waals surface area contributed by atoms with Crippen LogP contribution in [0.4, 0.5) is 0 Å². The first-order valence-electron chi connectivity index (χ1n) is 6.81. The van der Waals surface area contributed by atoms with E-state index in [-0.39, 0.29) is 6.04 Å². The monoisotopic (exact) mass is 286 g/mol. The van der Waals surface area contributed by atoms with E-state index in [1.54, 1.807) is 12.5 Å². The van der Waals surface area contributed by atoms with Gasteiger partial charge in [-0.15, -0.1) is 0 Å². The first-order valence-corrected chi connectivity index (χ1v) is 6.81. The highest BCUT2D eigenvalue weighted by Gasteiger charge is 2.16. The van der Waals surface area contributed by atoms with Gasteiger partial charge in [-0.25, -0.2) is 0 Å². The average Bonchev–Trinajstić information content (AvgIpc) is 3.01. The van der Waals surface area contributed by atoms with Crippen LogP contribution in [0.25, 0.3) is 0 Å². The molecule has 1 heterocycles. The van der Waals surface area contributed by atoms with Crippen LogP contribution in [-0.2, 0) is 16.0 Å². The number of benzene rings is 1. The number of furan rings is 1. The molecule has 5 nitrogen and oxygen atoms in total. The predicted octanol–water partition coefficient (Wildman–Crippen LogP) is 1.82. The van der Waals surface area contributed by atoms with Crippen molar-refractivity contribution in [2.75, 3.05) is 6.54 Å². The number of nitrogens with one attached hydrogen (secondary N) is 2. The first kappa shape index (κ1) is 14.8. The van der Waals surface area contributed by atoms with Crippen LogP contribution in [0.5, 0.6) is 0 Å². The lowest BCUT2D eigenvalue weighted by atomic mass is 10.1. The smallest absolute Gasteiger partial charge is 0.309 e. The third kappa shape index (κ3) is 4.49. The van der Waals surface area contributed by atoms with E-state index in [0.29, 0.717) is 13.0 Å². The Bertz CT molecular complexity index is 579. The molecule has 1 atom stereocenters. The number of hydrogen-bond donors (Lipinski definition) is 2. The van der Waals surface area contributed by atoms with Crippen molar-refractivity contribution in [3.63, 3.8) is 0 Å². The van der Waals surface area contributed by atoms with E-state index in [4.69, 9.17) is 4.42 Å². The summed E-state index contributed by atoms with van der Waals surface area (Å²) in [5, 5.41) is 5.26.